The first kappa shape index (κ1) is 14.4. The summed E-state index contributed by atoms with van der Waals surface area (Å²) in [5.41, 5.74) is 3.03. The average Bonchev–Trinajstić information content (AvgIpc) is 3.03. The van der Waals surface area contributed by atoms with Gasteiger partial charge in [0.05, 0.1) is 5.69 Å². The molecule has 1 N–H and O–H groups in total. The highest BCUT2D eigenvalue weighted by Crippen LogP contribution is 2.23. The van der Waals surface area contributed by atoms with Crippen LogP contribution >= 0.6 is 0 Å². The van der Waals surface area contributed by atoms with E-state index < -0.39 is 0 Å². The summed E-state index contributed by atoms with van der Waals surface area (Å²) in [5.74, 6) is 1.60. The Hall–Kier alpha value is -2.59. The lowest BCUT2D eigenvalue weighted by Gasteiger charge is -2.06. The highest BCUT2D eigenvalue weighted by molar-refractivity contribution is 5.58. The normalized spacial score (nSPS) is 10.6. The van der Waals surface area contributed by atoms with Gasteiger partial charge in [0.1, 0.15) is 12.4 Å². The Bertz CT molecular complexity index is 705. The van der Waals surface area contributed by atoms with Crippen LogP contribution in [0.4, 0.5) is 0 Å². The van der Waals surface area contributed by atoms with Gasteiger partial charge in [-0.2, -0.15) is 0 Å². The second kappa shape index (κ2) is 6.91. The fourth-order valence-corrected chi connectivity index (χ4v) is 2.17. The van der Waals surface area contributed by atoms with Crippen molar-refractivity contribution in [2.24, 2.45) is 0 Å². The molecule has 0 spiro atoms. The SMILES string of the molecule is CNCc1cc(-c2ccc(OCc3ccccc3)cc2)on1. The predicted molar refractivity (Wildman–Crippen MR) is 85.5 cm³/mol. The standard InChI is InChI=1S/C18H18N2O2/c1-19-12-16-11-18(22-20-16)15-7-9-17(10-8-15)21-13-14-5-3-2-4-6-14/h2-11,19H,12-13H2,1H3. The molecule has 0 aliphatic rings. The number of nitrogens with one attached hydrogen (secondary N) is 1. The molecule has 0 amide bonds. The van der Waals surface area contributed by atoms with Crippen molar-refractivity contribution >= 4 is 0 Å². The van der Waals surface area contributed by atoms with Gasteiger partial charge >= 0.3 is 0 Å². The Morgan fingerprint density at radius 1 is 1.05 bits per heavy atom. The zero-order valence-corrected chi connectivity index (χ0v) is 12.5. The third-order valence-electron chi connectivity index (χ3n) is 3.30. The third-order valence-corrected chi connectivity index (χ3v) is 3.30. The molecule has 0 aliphatic heterocycles. The van der Waals surface area contributed by atoms with Gasteiger partial charge in [0.2, 0.25) is 0 Å². The van der Waals surface area contributed by atoms with Crippen LogP contribution in [0.25, 0.3) is 11.3 Å². The minimum atomic E-state index is 0.564. The van der Waals surface area contributed by atoms with Crippen molar-refractivity contribution in [3.8, 4) is 17.1 Å². The maximum absolute atomic E-state index is 5.77. The second-order valence-electron chi connectivity index (χ2n) is 5.01. The molecule has 0 saturated heterocycles. The van der Waals surface area contributed by atoms with Crippen molar-refractivity contribution in [3.63, 3.8) is 0 Å². The summed E-state index contributed by atoms with van der Waals surface area (Å²) in [5, 5.41) is 7.06. The number of ether oxygens (including phenoxy) is 1. The van der Waals surface area contributed by atoms with E-state index in [4.69, 9.17) is 9.26 Å². The average molecular weight is 294 g/mol. The van der Waals surface area contributed by atoms with E-state index in [0.717, 1.165) is 28.3 Å². The molecule has 22 heavy (non-hydrogen) atoms. The van der Waals surface area contributed by atoms with E-state index in [-0.39, 0.29) is 0 Å². The van der Waals surface area contributed by atoms with E-state index in [1.807, 2.05) is 67.7 Å². The highest BCUT2D eigenvalue weighted by atomic mass is 16.5. The summed E-state index contributed by atoms with van der Waals surface area (Å²) < 4.78 is 11.1. The maximum Gasteiger partial charge on any atom is 0.167 e. The third kappa shape index (κ3) is 3.54. The van der Waals surface area contributed by atoms with Crippen LogP contribution in [-0.2, 0) is 13.2 Å². The fraction of sp³-hybridized carbons (Fsp3) is 0.167. The van der Waals surface area contributed by atoms with Gasteiger partial charge < -0.3 is 14.6 Å². The summed E-state index contributed by atoms with van der Waals surface area (Å²) in [6.45, 7) is 1.26. The van der Waals surface area contributed by atoms with Crippen LogP contribution in [0.5, 0.6) is 5.75 Å². The van der Waals surface area contributed by atoms with Gasteiger partial charge in [-0.3, -0.25) is 0 Å². The fourth-order valence-electron chi connectivity index (χ4n) is 2.17. The molecule has 1 heterocycles. The molecule has 0 radical (unpaired) electrons. The molecule has 0 bridgehead atoms. The van der Waals surface area contributed by atoms with Gasteiger partial charge in [-0.25, -0.2) is 0 Å². The number of benzene rings is 2. The van der Waals surface area contributed by atoms with Crippen LogP contribution < -0.4 is 10.1 Å². The van der Waals surface area contributed by atoms with Crippen molar-refractivity contribution in [1.82, 2.24) is 10.5 Å². The second-order valence-corrected chi connectivity index (χ2v) is 5.01. The minimum Gasteiger partial charge on any atom is -0.489 e. The van der Waals surface area contributed by atoms with Crippen molar-refractivity contribution < 1.29 is 9.26 Å². The molecule has 2 aromatic carbocycles. The Morgan fingerprint density at radius 2 is 1.82 bits per heavy atom. The molecule has 0 saturated carbocycles. The van der Waals surface area contributed by atoms with Gasteiger partial charge in [0.25, 0.3) is 0 Å². The van der Waals surface area contributed by atoms with Crippen LogP contribution in [0.3, 0.4) is 0 Å². The van der Waals surface area contributed by atoms with Crippen molar-refractivity contribution in [1.29, 1.82) is 0 Å². The van der Waals surface area contributed by atoms with Crippen LogP contribution in [0.15, 0.2) is 65.2 Å². The quantitative estimate of drug-likeness (QED) is 0.754. The maximum atomic E-state index is 5.77. The zero-order valence-electron chi connectivity index (χ0n) is 12.5. The molecule has 1 aromatic heterocycles. The van der Waals surface area contributed by atoms with E-state index in [1.165, 1.54) is 0 Å². The smallest absolute Gasteiger partial charge is 0.167 e. The van der Waals surface area contributed by atoms with Crippen LogP contribution in [0, 0.1) is 0 Å². The molecule has 4 nitrogen and oxygen atoms in total. The first-order valence-corrected chi connectivity index (χ1v) is 7.22. The van der Waals surface area contributed by atoms with Crippen LogP contribution in [-0.4, -0.2) is 12.2 Å². The van der Waals surface area contributed by atoms with Crippen molar-refractivity contribution in [3.05, 3.63) is 71.9 Å². The van der Waals surface area contributed by atoms with Crippen molar-refractivity contribution in [2.75, 3.05) is 7.05 Å². The first-order valence-electron chi connectivity index (χ1n) is 7.22. The summed E-state index contributed by atoms with van der Waals surface area (Å²) in [4.78, 5) is 0. The monoisotopic (exact) mass is 294 g/mol. The summed E-state index contributed by atoms with van der Waals surface area (Å²) >= 11 is 0. The van der Waals surface area contributed by atoms with E-state index in [0.29, 0.717) is 13.2 Å². The summed E-state index contributed by atoms with van der Waals surface area (Å²) in [6, 6.07) is 19.9. The lowest BCUT2D eigenvalue weighted by molar-refractivity contribution is 0.306. The number of nitrogens with zero attached hydrogens (tertiary/aromatic N) is 1. The molecule has 4 heteroatoms. The van der Waals surface area contributed by atoms with E-state index in [9.17, 15) is 0 Å². The lowest BCUT2D eigenvalue weighted by atomic mass is 10.1. The first-order chi connectivity index (χ1) is 10.8. The Labute approximate surface area is 129 Å². The Balaban J connectivity index is 1.64. The van der Waals surface area contributed by atoms with Gasteiger partial charge in [-0.15, -0.1) is 0 Å². The molecule has 0 aliphatic carbocycles. The summed E-state index contributed by atoms with van der Waals surface area (Å²) in [6.07, 6.45) is 0. The van der Waals surface area contributed by atoms with E-state index in [2.05, 4.69) is 10.5 Å². The molecule has 112 valence electrons. The Kier molecular flexibility index (Phi) is 4.51. The predicted octanol–water partition coefficient (Wildman–Crippen LogP) is 3.64. The van der Waals surface area contributed by atoms with Gasteiger partial charge in [-0.05, 0) is 36.9 Å². The number of hydrogen-bond acceptors (Lipinski definition) is 4. The number of aromatic nitrogens is 1. The topological polar surface area (TPSA) is 47.3 Å². The van der Waals surface area contributed by atoms with Crippen molar-refractivity contribution in [2.45, 2.75) is 13.2 Å². The molecule has 3 rings (SSSR count). The van der Waals surface area contributed by atoms with E-state index >= 15 is 0 Å². The zero-order chi connectivity index (χ0) is 15.2. The largest absolute Gasteiger partial charge is 0.489 e. The Morgan fingerprint density at radius 3 is 2.55 bits per heavy atom. The van der Waals surface area contributed by atoms with E-state index in [1.54, 1.807) is 0 Å². The highest BCUT2D eigenvalue weighted by Gasteiger charge is 2.06. The molecule has 0 fully saturated rings. The van der Waals surface area contributed by atoms with Crippen LogP contribution in [0.1, 0.15) is 11.3 Å². The van der Waals surface area contributed by atoms with Gasteiger partial charge in [0, 0.05) is 18.2 Å². The molecular formula is C18H18N2O2. The molecular weight excluding hydrogens is 276 g/mol. The number of rotatable bonds is 6. The summed E-state index contributed by atoms with van der Waals surface area (Å²) in [7, 11) is 1.88. The molecule has 0 unspecified atom stereocenters. The van der Waals surface area contributed by atoms with Crippen LogP contribution in [0.2, 0.25) is 0 Å². The van der Waals surface area contributed by atoms with Gasteiger partial charge in [0.15, 0.2) is 5.76 Å². The minimum absolute atomic E-state index is 0.564. The molecule has 0 atom stereocenters. The number of hydrogen-bond donors (Lipinski definition) is 1. The van der Waals surface area contributed by atoms with Gasteiger partial charge in [-0.1, -0.05) is 35.5 Å². The lowest BCUT2D eigenvalue weighted by Crippen LogP contribution is -2.04. The molecule has 3 aromatic rings.